The number of rotatable bonds is 5. The fourth-order valence-corrected chi connectivity index (χ4v) is 3.75. The molecule has 0 spiro atoms. The van der Waals surface area contributed by atoms with Gasteiger partial charge in [-0.2, -0.15) is 4.98 Å². The van der Waals surface area contributed by atoms with Crippen LogP contribution in [0.2, 0.25) is 0 Å². The second-order valence-electron chi connectivity index (χ2n) is 6.58. The molecular formula is C20H21N3O2. The van der Waals surface area contributed by atoms with Gasteiger partial charge >= 0.3 is 0 Å². The molecule has 0 aliphatic heterocycles. The molecule has 1 aliphatic carbocycles. The van der Waals surface area contributed by atoms with Crippen LogP contribution in [-0.2, 0) is 11.3 Å². The third-order valence-electron chi connectivity index (χ3n) is 4.94. The summed E-state index contributed by atoms with van der Waals surface area (Å²) in [5.74, 6) is 0.840. The number of fused-ring (bicyclic) bond motifs is 1. The molecule has 128 valence electrons. The van der Waals surface area contributed by atoms with Gasteiger partial charge in [-0.3, -0.25) is 4.79 Å². The van der Waals surface area contributed by atoms with Gasteiger partial charge in [0.1, 0.15) is 0 Å². The monoisotopic (exact) mass is 335 g/mol. The topological polar surface area (TPSA) is 68.0 Å². The average molecular weight is 335 g/mol. The second kappa shape index (κ2) is 7.05. The van der Waals surface area contributed by atoms with E-state index in [9.17, 15) is 4.79 Å². The van der Waals surface area contributed by atoms with Crippen LogP contribution in [0.15, 0.2) is 53.1 Å². The van der Waals surface area contributed by atoms with Gasteiger partial charge in [0.25, 0.3) is 0 Å². The van der Waals surface area contributed by atoms with Gasteiger partial charge in [0.05, 0.1) is 12.5 Å². The molecular weight excluding hydrogens is 314 g/mol. The number of carbonyl (C=O) groups is 1. The van der Waals surface area contributed by atoms with Gasteiger partial charge in [-0.15, -0.1) is 0 Å². The van der Waals surface area contributed by atoms with Crippen molar-refractivity contribution in [3.8, 4) is 0 Å². The molecule has 3 aromatic rings. The second-order valence-corrected chi connectivity index (χ2v) is 6.58. The third kappa shape index (κ3) is 3.40. The van der Waals surface area contributed by atoms with Crippen molar-refractivity contribution in [1.82, 2.24) is 15.3 Å². The normalized spacial score (nSPS) is 16.2. The van der Waals surface area contributed by atoms with E-state index in [1.165, 1.54) is 12.8 Å². The smallest absolute Gasteiger partial charge is 0.228 e. The minimum atomic E-state index is -0.105. The summed E-state index contributed by atoms with van der Waals surface area (Å²) in [4.78, 5) is 21.4. The average Bonchev–Trinajstić information content (AvgIpc) is 3.30. The van der Waals surface area contributed by atoms with Crippen molar-refractivity contribution in [2.75, 3.05) is 0 Å². The van der Waals surface area contributed by atoms with Crippen LogP contribution in [0.5, 0.6) is 0 Å². The number of nitrogens with one attached hydrogen (secondary N) is 1. The highest BCUT2D eigenvalue weighted by Gasteiger charge is 2.31. The summed E-state index contributed by atoms with van der Waals surface area (Å²) in [5, 5.41) is 3.01. The Kier molecular flexibility index (Phi) is 4.46. The lowest BCUT2D eigenvalue weighted by Gasteiger charge is -2.22. The van der Waals surface area contributed by atoms with E-state index in [-0.39, 0.29) is 18.4 Å². The molecule has 2 heterocycles. The van der Waals surface area contributed by atoms with Gasteiger partial charge in [-0.1, -0.05) is 43.2 Å². The van der Waals surface area contributed by atoms with E-state index in [0.29, 0.717) is 23.0 Å². The van der Waals surface area contributed by atoms with Gasteiger partial charge in [0.15, 0.2) is 11.2 Å². The molecule has 1 atom stereocenters. The maximum Gasteiger partial charge on any atom is 0.228 e. The molecule has 1 N–H and O–H groups in total. The van der Waals surface area contributed by atoms with Crippen LogP contribution in [0.25, 0.3) is 11.2 Å². The maximum atomic E-state index is 12.9. The Morgan fingerprint density at radius 1 is 1.16 bits per heavy atom. The Morgan fingerprint density at radius 2 is 1.96 bits per heavy atom. The quantitative estimate of drug-likeness (QED) is 0.770. The van der Waals surface area contributed by atoms with Crippen LogP contribution < -0.4 is 5.32 Å². The largest absolute Gasteiger partial charge is 0.437 e. The summed E-state index contributed by atoms with van der Waals surface area (Å²) in [6.07, 6.45) is 6.31. The van der Waals surface area contributed by atoms with Crippen molar-refractivity contribution in [3.63, 3.8) is 0 Å². The number of oxazole rings is 1. The van der Waals surface area contributed by atoms with Crippen LogP contribution in [-0.4, -0.2) is 15.9 Å². The lowest BCUT2D eigenvalue weighted by Crippen LogP contribution is -2.32. The Balaban J connectivity index is 1.50. The van der Waals surface area contributed by atoms with Crippen molar-refractivity contribution in [3.05, 3.63) is 60.1 Å². The predicted molar refractivity (Wildman–Crippen MR) is 94.8 cm³/mol. The van der Waals surface area contributed by atoms with Crippen LogP contribution in [0.3, 0.4) is 0 Å². The first-order valence-electron chi connectivity index (χ1n) is 8.84. The molecule has 1 aromatic carbocycles. The summed E-state index contributed by atoms with van der Waals surface area (Å²) in [5.41, 5.74) is 2.30. The third-order valence-corrected chi connectivity index (χ3v) is 4.94. The van der Waals surface area contributed by atoms with Crippen molar-refractivity contribution in [2.24, 2.45) is 5.92 Å². The highest BCUT2D eigenvalue weighted by molar-refractivity contribution is 5.84. The molecule has 5 heteroatoms. The minimum Gasteiger partial charge on any atom is -0.437 e. The van der Waals surface area contributed by atoms with E-state index in [0.717, 1.165) is 18.4 Å². The number of nitrogens with zero attached hydrogens (tertiary/aromatic N) is 2. The Labute approximate surface area is 146 Å². The van der Waals surface area contributed by atoms with E-state index < -0.39 is 0 Å². The Hall–Kier alpha value is -2.69. The molecule has 1 fully saturated rings. The number of hydrogen-bond donors (Lipinski definition) is 1. The van der Waals surface area contributed by atoms with Crippen LogP contribution in [0.1, 0.15) is 43.1 Å². The predicted octanol–water partition coefficient (Wildman–Crippen LogP) is 3.81. The van der Waals surface area contributed by atoms with Gasteiger partial charge in [-0.25, -0.2) is 4.98 Å². The molecule has 0 radical (unpaired) electrons. The molecule has 0 saturated heterocycles. The number of hydrogen-bond acceptors (Lipinski definition) is 4. The molecule has 1 unspecified atom stereocenters. The summed E-state index contributed by atoms with van der Waals surface area (Å²) >= 11 is 0. The van der Waals surface area contributed by atoms with Crippen molar-refractivity contribution < 1.29 is 9.21 Å². The first-order chi connectivity index (χ1) is 12.3. The fourth-order valence-electron chi connectivity index (χ4n) is 3.75. The molecule has 2 aromatic heterocycles. The lowest BCUT2D eigenvalue weighted by atomic mass is 9.84. The van der Waals surface area contributed by atoms with E-state index in [1.807, 2.05) is 36.4 Å². The molecule has 4 rings (SSSR count). The zero-order valence-electron chi connectivity index (χ0n) is 14.0. The molecule has 25 heavy (non-hydrogen) atoms. The van der Waals surface area contributed by atoms with Crippen molar-refractivity contribution in [1.29, 1.82) is 0 Å². The van der Waals surface area contributed by atoms with E-state index >= 15 is 0 Å². The Bertz CT molecular complexity index is 821. The standard InChI is InChI=1S/C20H21N3O2/c24-20(22-13-17-23-19-16(25-17)11-6-12-21-19)18(15-9-4-5-10-15)14-7-2-1-3-8-14/h1-3,6-8,11-12,15,18H,4-5,9-10,13H2,(H,22,24). The lowest BCUT2D eigenvalue weighted by molar-refractivity contribution is -0.124. The highest BCUT2D eigenvalue weighted by Crippen LogP contribution is 2.37. The Morgan fingerprint density at radius 3 is 2.72 bits per heavy atom. The van der Waals surface area contributed by atoms with Gasteiger partial charge in [0.2, 0.25) is 11.8 Å². The fraction of sp³-hybridized carbons (Fsp3) is 0.350. The molecule has 1 aliphatic rings. The van der Waals surface area contributed by atoms with E-state index in [2.05, 4.69) is 15.3 Å². The summed E-state index contributed by atoms with van der Waals surface area (Å²) in [6.45, 7) is 0.283. The number of aromatic nitrogens is 2. The van der Waals surface area contributed by atoms with E-state index in [4.69, 9.17) is 4.42 Å². The summed E-state index contributed by atoms with van der Waals surface area (Å²) in [6, 6.07) is 13.7. The zero-order valence-corrected chi connectivity index (χ0v) is 14.0. The van der Waals surface area contributed by atoms with Crippen LogP contribution in [0, 0.1) is 5.92 Å². The number of benzene rings is 1. The number of carbonyl (C=O) groups excluding carboxylic acids is 1. The first kappa shape index (κ1) is 15.8. The molecule has 1 saturated carbocycles. The number of amides is 1. The minimum absolute atomic E-state index is 0.0494. The first-order valence-corrected chi connectivity index (χ1v) is 8.84. The van der Waals surface area contributed by atoms with Gasteiger partial charge in [0, 0.05) is 6.20 Å². The molecule has 5 nitrogen and oxygen atoms in total. The summed E-state index contributed by atoms with van der Waals surface area (Å²) < 4.78 is 5.64. The van der Waals surface area contributed by atoms with Crippen molar-refractivity contribution in [2.45, 2.75) is 38.1 Å². The van der Waals surface area contributed by atoms with Crippen molar-refractivity contribution >= 4 is 17.1 Å². The van der Waals surface area contributed by atoms with Crippen LogP contribution >= 0.6 is 0 Å². The van der Waals surface area contributed by atoms with Gasteiger partial charge in [-0.05, 0) is 36.5 Å². The molecule has 1 amide bonds. The SMILES string of the molecule is O=C(NCc1nc2ncccc2o1)C(c1ccccc1)C1CCCC1. The highest BCUT2D eigenvalue weighted by atomic mass is 16.3. The van der Waals surface area contributed by atoms with E-state index in [1.54, 1.807) is 12.3 Å². The molecule has 0 bridgehead atoms. The van der Waals surface area contributed by atoms with Gasteiger partial charge < -0.3 is 9.73 Å². The number of pyridine rings is 1. The maximum absolute atomic E-state index is 12.9. The summed E-state index contributed by atoms with van der Waals surface area (Å²) in [7, 11) is 0. The van der Waals surface area contributed by atoms with Crippen LogP contribution in [0.4, 0.5) is 0 Å². The zero-order chi connectivity index (χ0) is 17.1.